The van der Waals surface area contributed by atoms with Crippen molar-refractivity contribution in [2.75, 3.05) is 10.4 Å². The van der Waals surface area contributed by atoms with E-state index < -0.39 is 0 Å². The Morgan fingerprint density at radius 3 is 1.38 bits per heavy atom. The fourth-order valence-electron chi connectivity index (χ4n) is 5.58. The summed E-state index contributed by atoms with van der Waals surface area (Å²) in [5.74, 6) is 1.48. The van der Waals surface area contributed by atoms with Crippen LogP contribution in [0.25, 0.3) is 0 Å². The summed E-state index contributed by atoms with van der Waals surface area (Å²) in [6.45, 7) is 0. The molecule has 2 fully saturated rings. The molecule has 0 aliphatic heterocycles. The maximum atomic E-state index is 3.64. The van der Waals surface area contributed by atoms with Gasteiger partial charge in [-0.15, -0.1) is 0 Å². The number of benzene rings is 3. The molecule has 2 aliphatic rings. The van der Waals surface area contributed by atoms with Crippen LogP contribution in [-0.4, -0.2) is 0 Å². The molecule has 32 heavy (non-hydrogen) atoms. The van der Waals surface area contributed by atoms with Gasteiger partial charge in [0.1, 0.15) is 0 Å². The van der Waals surface area contributed by atoms with Crippen LogP contribution in [0, 0.1) is 0 Å². The summed E-state index contributed by atoms with van der Waals surface area (Å²) in [6.07, 6.45) is 13.7. The van der Waals surface area contributed by atoms with Gasteiger partial charge in [0.2, 0.25) is 0 Å². The zero-order valence-electron chi connectivity index (χ0n) is 19.2. The Morgan fingerprint density at radius 1 is 0.500 bits per heavy atom. The first-order valence-corrected chi connectivity index (χ1v) is 12.7. The van der Waals surface area contributed by atoms with Gasteiger partial charge < -0.3 is 0 Å². The maximum absolute atomic E-state index is 3.64. The third-order valence-corrected chi connectivity index (χ3v) is 7.47. The Labute approximate surface area is 193 Å². The van der Waals surface area contributed by atoms with E-state index in [-0.39, 0.29) is 0 Å². The van der Waals surface area contributed by atoms with E-state index in [1.54, 1.807) is 0 Å². The molecule has 5 rings (SSSR count). The number of nitrogens with one attached hydrogen (secondary N) is 1. The van der Waals surface area contributed by atoms with Gasteiger partial charge in [0.15, 0.2) is 0 Å². The molecule has 3 aromatic carbocycles. The first-order valence-electron chi connectivity index (χ1n) is 12.7. The molecule has 2 nitrogen and oxygen atoms in total. The summed E-state index contributed by atoms with van der Waals surface area (Å²) in [7, 11) is 0. The average Bonchev–Trinajstić information content (AvgIpc) is 2.89. The summed E-state index contributed by atoms with van der Waals surface area (Å²) >= 11 is 0. The molecule has 0 unspecified atom stereocenters. The first-order chi connectivity index (χ1) is 15.9. The Kier molecular flexibility index (Phi) is 6.77. The van der Waals surface area contributed by atoms with Crippen molar-refractivity contribution in [2.24, 2.45) is 0 Å². The quantitative estimate of drug-likeness (QED) is 0.397. The number of nitrogens with zero attached hydrogens (tertiary/aromatic N) is 1. The topological polar surface area (TPSA) is 15.3 Å². The minimum Gasteiger partial charge on any atom is -0.294 e. The lowest BCUT2D eigenvalue weighted by molar-refractivity contribution is 0.443. The normalized spacial score (nSPS) is 17.8. The van der Waals surface area contributed by atoms with Crippen LogP contribution < -0.4 is 10.4 Å². The Hall–Kier alpha value is -2.74. The van der Waals surface area contributed by atoms with Crippen molar-refractivity contribution in [3.63, 3.8) is 0 Å². The van der Waals surface area contributed by atoms with Crippen molar-refractivity contribution in [1.82, 2.24) is 0 Å². The lowest BCUT2D eigenvalue weighted by Crippen LogP contribution is -2.24. The molecule has 0 heterocycles. The lowest BCUT2D eigenvalue weighted by atomic mass is 9.84. The van der Waals surface area contributed by atoms with E-state index in [0.29, 0.717) is 0 Å². The molecule has 0 atom stereocenters. The van der Waals surface area contributed by atoms with Crippen molar-refractivity contribution < 1.29 is 0 Å². The predicted molar refractivity (Wildman–Crippen MR) is 137 cm³/mol. The SMILES string of the molecule is c1ccc(NN(c2ccc(C3CCCCC3)cc2)c2ccc(C3CCCCC3)cc2)cc1. The van der Waals surface area contributed by atoms with E-state index in [1.165, 1.54) is 86.7 Å². The largest absolute Gasteiger partial charge is 0.294 e. The van der Waals surface area contributed by atoms with Crippen molar-refractivity contribution in [3.8, 4) is 0 Å². The van der Waals surface area contributed by atoms with Crippen LogP contribution in [0.15, 0.2) is 78.9 Å². The number of para-hydroxylation sites is 1. The van der Waals surface area contributed by atoms with Crippen molar-refractivity contribution >= 4 is 17.1 Å². The van der Waals surface area contributed by atoms with E-state index in [2.05, 4.69) is 89.3 Å². The molecule has 0 amide bonds. The Morgan fingerprint density at radius 2 is 0.938 bits per heavy atom. The molecule has 0 bridgehead atoms. The van der Waals surface area contributed by atoms with Gasteiger partial charge >= 0.3 is 0 Å². The summed E-state index contributed by atoms with van der Waals surface area (Å²) in [5.41, 5.74) is 10.1. The summed E-state index contributed by atoms with van der Waals surface area (Å²) < 4.78 is 0. The minimum atomic E-state index is 0.739. The van der Waals surface area contributed by atoms with Crippen molar-refractivity contribution in [1.29, 1.82) is 0 Å². The molecule has 0 saturated heterocycles. The second-order valence-corrected chi connectivity index (χ2v) is 9.67. The Balaban J connectivity index is 1.40. The smallest absolute Gasteiger partial charge is 0.0630 e. The van der Waals surface area contributed by atoms with Gasteiger partial charge in [0.05, 0.1) is 17.1 Å². The van der Waals surface area contributed by atoms with Gasteiger partial charge in [-0.3, -0.25) is 10.4 Å². The monoisotopic (exact) mass is 424 g/mol. The molecule has 0 aromatic heterocycles. The highest BCUT2D eigenvalue weighted by molar-refractivity contribution is 5.68. The molecule has 3 aromatic rings. The van der Waals surface area contributed by atoms with E-state index in [4.69, 9.17) is 0 Å². The van der Waals surface area contributed by atoms with Gasteiger partial charge in [0, 0.05) is 0 Å². The second kappa shape index (κ2) is 10.3. The van der Waals surface area contributed by atoms with Crippen molar-refractivity contribution in [2.45, 2.75) is 76.0 Å². The van der Waals surface area contributed by atoms with Gasteiger partial charge in [-0.05, 0) is 85.0 Å². The van der Waals surface area contributed by atoms with Gasteiger partial charge in [-0.1, -0.05) is 81.0 Å². The van der Waals surface area contributed by atoms with Gasteiger partial charge in [-0.2, -0.15) is 0 Å². The highest BCUT2D eigenvalue weighted by atomic mass is 15.5. The zero-order chi connectivity index (χ0) is 21.6. The van der Waals surface area contributed by atoms with Crippen LogP contribution >= 0.6 is 0 Å². The minimum absolute atomic E-state index is 0.739. The van der Waals surface area contributed by atoms with Crippen LogP contribution in [0.2, 0.25) is 0 Å². The number of rotatable bonds is 6. The number of hydrogen-bond donors (Lipinski definition) is 1. The highest BCUT2D eigenvalue weighted by Crippen LogP contribution is 2.36. The second-order valence-electron chi connectivity index (χ2n) is 9.67. The van der Waals surface area contributed by atoms with E-state index >= 15 is 0 Å². The summed E-state index contributed by atoms with van der Waals surface area (Å²) in [6, 6.07) is 29.0. The van der Waals surface area contributed by atoms with Gasteiger partial charge in [-0.25, -0.2) is 0 Å². The Bertz CT molecular complexity index is 888. The lowest BCUT2D eigenvalue weighted by Gasteiger charge is -2.29. The number of hydrogen-bond acceptors (Lipinski definition) is 2. The average molecular weight is 425 g/mol. The van der Waals surface area contributed by atoms with Crippen LogP contribution in [0.4, 0.5) is 17.1 Å². The molecular weight excluding hydrogens is 388 g/mol. The molecular formula is C30H36N2. The molecule has 1 N–H and O–H groups in total. The molecule has 2 aliphatic carbocycles. The molecule has 166 valence electrons. The number of hydrazine groups is 1. The van der Waals surface area contributed by atoms with E-state index in [1.807, 2.05) is 0 Å². The molecule has 2 saturated carbocycles. The maximum Gasteiger partial charge on any atom is 0.0630 e. The van der Waals surface area contributed by atoms with E-state index in [0.717, 1.165) is 17.5 Å². The third kappa shape index (κ3) is 5.01. The highest BCUT2D eigenvalue weighted by Gasteiger charge is 2.18. The summed E-state index contributed by atoms with van der Waals surface area (Å²) in [4.78, 5) is 0. The van der Waals surface area contributed by atoms with E-state index in [9.17, 15) is 0 Å². The molecule has 0 spiro atoms. The zero-order valence-corrected chi connectivity index (χ0v) is 19.2. The van der Waals surface area contributed by atoms with Crippen LogP contribution in [-0.2, 0) is 0 Å². The standard InChI is InChI=1S/C30H36N2/c1-4-10-24(11-5-1)26-16-20-29(21-17-26)32(31-28-14-8-3-9-15-28)30-22-18-27(19-23-30)25-12-6-2-7-13-25/h3,8-9,14-25,31H,1-2,4-7,10-13H2. The van der Waals surface area contributed by atoms with Crippen LogP contribution in [0.3, 0.4) is 0 Å². The van der Waals surface area contributed by atoms with Crippen LogP contribution in [0.1, 0.15) is 87.2 Å². The fourth-order valence-corrected chi connectivity index (χ4v) is 5.58. The third-order valence-electron chi connectivity index (χ3n) is 7.47. The predicted octanol–water partition coefficient (Wildman–Crippen LogP) is 8.95. The molecule has 2 heteroatoms. The molecule has 0 radical (unpaired) electrons. The first kappa shape index (κ1) is 21.1. The summed E-state index contributed by atoms with van der Waals surface area (Å²) in [5, 5.41) is 2.23. The van der Waals surface area contributed by atoms with Gasteiger partial charge in [0.25, 0.3) is 0 Å². The number of anilines is 3. The fraction of sp³-hybridized carbons (Fsp3) is 0.400. The van der Waals surface area contributed by atoms with Crippen molar-refractivity contribution in [3.05, 3.63) is 90.0 Å². The van der Waals surface area contributed by atoms with Crippen LogP contribution in [0.5, 0.6) is 0 Å².